The Morgan fingerprint density at radius 2 is 1.83 bits per heavy atom. The Hall–Kier alpha value is -2.51. The zero-order valence-electron chi connectivity index (χ0n) is 16.2. The van der Waals surface area contributed by atoms with E-state index in [0.717, 1.165) is 28.6 Å². The van der Waals surface area contributed by atoms with Gasteiger partial charge in [0.1, 0.15) is 0 Å². The van der Waals surface area contributed by atoms with Gasteiger partial charge in [0.2, 0.25) is 5.91 Å². The summed E-state index contributed by atoms with van der Waals surface area (Å²) in [6, 6.07) is 13.1. The average molecular weight is 432 g/mol. The monoisotopic (exact) mass is 431 g/mol. The van der Waals surface area contributed by atoms with Crippen LogP contribution in [0.2, 0.25) is 5.02 Å². The molecule has 8 heteroatoms. The molecule has 1 unspecified atom stereocenters. The third-order valence-electron chi connectivity index (χ3n) is 4.60. The molecule has 3 rings (SSSR count). The first-order valence-corrected chi connectivity index (χ1v) is 10.4. The van der Waals surface area contributed by atoms with Crippen molar-refractivity contribution in [1.82, 2.24) is 10.6 Å². The molecule has 1 saturated heterocycles. The van der Waals surface area contributed by atoms with Crippen LogP contribution in [-0.2, 0) is 17.6 Å². The van der Waals surface area contributed by atoms with Crippen molar-refractivity contribution in [3.05, 3.63) is 64.2 Å². The van der Waals surface area contributed by atoms with Gasteiger partial charge in [0, 0.05) is 31.4 Å². The lowest BCUT2D eigenvalue weighted by atomic mass is 10.0. The van der Waals surface area contributed by atoms with Crippen LogP contribution in [0.3, 0.4) is 0 Å². The number of amides is 3. The number of halogens is 1. The highest BCUT2D eigenvalue weighted by molar-refractivity contribution is 8.15. The van der Waals surface area contributed by atoms with Crippen LogP contribution in [0, 0.1) is 0 Å². The van der Waals surface area contributed by atoms with E-state index in [9.17, 15) is 14.4 Å². The van der Waals surface area contributed by atoms with Crippen molar-refractivity contribution in [1.29, 1.82) is 0 Å². The molecule has 1 fully saturated rings. The molecule has 6 nitrogen and oxygen atoms in total. The van der Waals surface area contributed by atoms with Gasteiger partial charge in [-0.15, -0.1) is 0 Å². The van der Waals surface area contributed by atoms with Gasteiger partial charge in [-0.1, -0.05) is 47.6 Å². The molecular formula is C21H22ClN3O3S. The summed E-state index contributed by atoms with van der Waals surface area (Å²) in [4.78, 5) is 37.3. The van der Waals surface area contributed by atoms with E-state index < -0.39 is 0 Å². The predicted octanol–water partition coefficient (Wildman–Crippen LogP) is 3.27. The molecule has 152 valence electrons. The molecule has 0 aliphatic carbocycles. The third-order valence-corrected chi connectivity index (χ3v) is 5.81. The van der Waals surface area contributed by atoms with Gasteiger partial charge in [-0.2, -0.15) is 0 Å². The van der Waals surface area contributed by atoms with Gasteiger partial charge in [0.05, 0.1) is 10.8 Å². The summed E-state index contributed by atoms with van der Waals surface area (Å²) in [5.74, 6) is -0.397. The number of nitrogens with one attached hydrogen (secondary N) is 2. The van der Waals surface area contributed by atoms with E-state index in [0.29, 0.717) is 30.0 Å². The Morgan fingerprint density at radius 3 is 2.45 bits per heavy atom. The Bertz CT molecular complexity index is 931. The first kappa shape index (κ1) is 21.2. The van der Waals surface area contributed by atoms with Crippen LogP contribution in [0.1, 0.15) is 21.5 Å². The normalized spacial score (nSPS) is 15.9. The highest BCUT2D eigenvalue weighted by atomic mass is 35.5. The molecule has 0 radical (unpaired) electrons. The van der Waals surface area contributed by atoms with E-state index in [4.69, 9.17) is 11.6 Å². The molecule has 2 aromatic rings. The lowest BCUT2D eigenvalue weighted by Crippen LogP contribution is -2.27. The number of imide groups is 1. The molecule has 3 amide bonds. The van der Waals surface area contributed by atoms with Gasteiger partial charge >= 0.3 is 0 Å². The molecular weight excluding hydrogens is 410 g/mol. The number of hydrogen-bond donors (Lipinski definition) is 2. The SMILES string of the molecule is CN(C)c1ccc(Cl)cc1C(=O)NCCc1ccc(CC2SC(=O)NC2=O)cc1. The van der Waals surface area contributed by atoms with Crippen LogP contribution in [-0.4, -0.2) is 42.9 Å². The van der Waals surface area contributed by atoms with Gasteiger partial charge in [0.25, 0.3) is 11.1 Å². The molecule has 1 atom stereocenters. The van der Waals surface area contributed by atoms with Gasteiger partial charge < -0.3 is 10.2 Å². The minimum Gasteiger partial charge on any atom is -0.377 e. The van der Waals surface area contributed by atoms with E-state index in [-0.39, 0.29) is 22.3 Å². The predicted molar refractivity (Wildman–Crippen MR) is 117 cm³/mol. The molecule has 29 heavy (non-hydrogen) atoms. The van der Waals surface area contributed by atoms with Gasteiger partial charge in [-0.05, 0) is 42.2 Å². The third kappa shape index (κ3) is 5.52. The minimum atomic E-state index is -0.365. The van der Waals surface area contributed by atoms with Crippen LogP contribution >= 0.6 is 23.4 Å². The van der Waals surface area contributed by atoms with Crippen molar-refractivity contribution < 1.29 is 14.4 Å². The lowest BCUT2D eigenvalue weighted by molar-refractivity contribution is -0.118. The van der Waals surface area contributed by atoms with E-state index in [1.165, 1.54) is 0 Å². The summed E-state index contributed by atoms with van der Waals surface area (Å²) in [6.45, 7) is 0.493. The molecule has 1 heterocycles. The number of benzene rings is 2. The van der Waals surface area contributed by atoms with Crippen molar-refractivity contribution in [3.8, 4) is 0 Å². The van der Waals surface area contributed by atoms with Crippen LogP contribution in [0.4, 0.5) is 10.5 Å². The van der Waals surface area contributed by atoms with Crippen LogP contribution in [0.15, 0.2) is 42.5 Å². The zero-order valence-corrected chi connectivity index (χ0v) is 17.8. The van der Waals surface area contributed by atoms with E-state index in [1.54, 1.807) is 12.1 Å². The number of anilines is 1. The first-order valence-electron chi connectivity index (χ1n) is 9.18. The Labute approximate surface area is 179 Å². The number of hydrogen-bond acceptors (Lipinski definition) is 5. The molecule has 0 bridgehead atoms. The fourth-order valence-corrected chi connectivity index (χ4v) is 4.11. The summed E-state index contributed by atoms with van der Waals surface area (Å²) in [7, 11) is 3.76. The number of carbonyl (C=O) groups excluding carboxylic acids is 3. The second-order valence-corrected chi connectivity index (χ2v) is 8.58. The number of rotatable bonds is 7. The zero-order chi connectivity index (χ0) is 21.0. The maximum Gasteiger partial charge on any atom is 0.286 e. The van der Waals surface area contributed by atoms with Gasteiger partial charge in [-0.25, -0.2) is 0 Å². The second-order valence-electron chi connectivity index (χ2n) is 6.97. The largest absolute Gasteiger partial charge is 0.377 e. The summed E-state index contributed by atoms with van der Waals surface area (Å²) in [5, 5.41) is 5.10. The molecule has 0 saturated carbocycles. The fourth-order valence-electron chi connectivity index (χ4n) is 3.08. The van der Waals surface area contributed by atoms with E-state index in [1.807, 2.05) is 49.3 Å². The van der Waals surface area contributed by atoms with Crippen LogP contribution in [0.25, 0.3) is 0 Å². The standard InChI is InChI=1S/C21H22ClN3O3S/c1-25(2)17-8-7-15(22)12-16(17)19(26)23-10-9-13-3-5-14(6-4-13)11-18-20(27)24-21(28)29-18/h3-8,12,18H,9-11H2,1-2H3,(H,23,26)(H,24,27,28). The van der Waals surface area contributed by atoms with Crippen molar-refractivity contribution in [3.63, 3.8) is 0 Å². The lowest BCUT2D eigenvalue weighted by Gasteiger charge is -2.17. The molecule has 1 aliphatic rings. The van der Waals surface area contributed by atoms with Gasteiger partial charge in [0.15, 0.2) is 0 Å². The molecule has 0 spiro atoms. The van der Waals surface area contributed by atoms with Crippen molar-refractivity contribution in [2.24, 2.45) is 0 Å². The summed E-state index contributed by atoms with van der Waals surface area (Å²) in [6.07, 6.45) is 1.20. The fraction of sp³-hybridized carbons (Fsp3) is 0.286. The van der Waals surface area contributed by atoms with E-state index >= 15 is 0 Å². The minimum absolute atomic E-state index is 0.165. The quantitative estimate of drug-likeness (QED) is 0.703. The Balaban J connectivity index is 1.53. The topological polar surface area (TPSA) is 78.5 Å². The second kappa shape index (κ2) is 9.33. The van der Waals surface area contributed by atoms with Crippen LogP contribution < -0.4 is 15.5 Å². The number of thioether (sulfide) groups is 1. The van der Waals surface area contributed by atoms with Gasteiger partial charge in [-0.3, -0.25) is 19.7 Å². The maximum atomic E-state index is 12.6. The number of carbonyl (C=O) groups is 3. The maximum absolute atomic E-state index is 12.6. The summed E-state index contributed by atoms with van der Waals surface area (Å²) >= 11 is 7.08. The first-order chi connectivity index (χ1) is 13.8. The average Bonchev–Trinajstić information content (AvgIpc) is 2.99. The highest BCUT2D eigenvalue weighted by Gasteiger charge is 2.31. The van der Waals surface area contributed by atoms with Crippen molar-refractivity contribution in [2.45, 2.75) is 18.1 Å². The van der Waals surface area contributed by atoms with E-state index in [2.05, 4.69) is 10.6 Å². The van der Waals surface area contributed by atoms with Crippen molar-refractivity contribution >= 4 is 46.1 Å². The molecule has 2 N–H and O–H groups in total. The Morgan fingerprint density at radius 1 is 1.14 bits per heavy atom. The smallest absolute Gasteiger partial charge is 0.286 e. The summed E-state index contributed by atoms with van der Waals surface area (Å²) in [5.41, 5.74) is 3.42. The molecule has 0 aromatic heterocycles. The molecule has 1 aliphatic heterocycles. The molecule has 2 aromatic carbocycles. The number of nitrogens with zero attached hydrogens (tertiary/aromatic N) is 1. The van der Waals surface area contributed by atoms with Crippen molar-refractivity contribution in [2.75, 3.05) is 25.5 Å². The summed E-state index contributed by atoms with van der Waals surface area (Å²) < 4.78 is 0. The van der Waals surface area contributed by atoms with Crippen LogP contribution in [0.5, 0.6) is 0 Å². The Kier molecular flexibility index (Phi) is 6.82. The highest BCUT2D eigenvalue weighted by Crippen LogP contribution is 2.24.